The summed E-state index contributed by atoms with van der Waals surface area (Å²) in [6.07, 6.45) is 9.23. The highest BCUT2D eigenvalue weighted by Gasteiger charge is 2.19. The third-order valence-corrected chi connectivity index (χ3v) is 8.59. The number of ether oxygens (including phenoxy) is 6. The first-order chi connectivity index (χ1) is 23.7. The predicted octanol–water partition coefficient (Wildman–Crippen LogP) is 9.89. The molecule has 0 N–H and O–H groups in total. The van der Waals surface area contributed by atoms with Crippen LogP contribution < -0.4 is 9.47 Å². The van der Waals surface area contributed by atoms with E-state index in [9.17, 15) is 9.59 Å². The van der Waals surface area contributed by atoms with Gasteiger partial charge >= 0.3 is 11.9 Å². The Morgan fingerprint density at radius 1 is 0.580 bits per heavy atom. The Bertz CT molecular complexity index is 1240. The van der Waals surface area contributed by atoms with Gasteiger partial charge in [0.05, 0.1) is 26.4 Å². The van der Waals surface area contributed by atoms with Crippen molar-refractivity contribution in [2.75, 3.05) is 26.4 Å². The van der Waals surface area contributed by atoms with Gasteiger partial charge in [-0.15, -0.1) is 0 Å². The molecule has 3 unspecified atom stereocenters. The molecule has 0 saturated carbocycles. The van der Waals surface area contributed by atoms with Crippen LogP contribution in [0.5, 0.6) is 11.5 Å². The highest BCUT2D eigenvalue weighted by atomic mass is 16.6. The van der Waals surface area contributed by atoms with Gasteiger partial charge in [-0.1, -0.05) is 77.1 Å². The van der Waals surface area contributed by atoms with Gasteiger partial charge in [0.25, 0.3) is 0 Å². The topological polar surface area (TPSA) is 89.5 Å². The van der Waals surface area contributed by atoms with E-state index in [0.29, 0.717) is 44.2 Å². The van der Waals surface area contributed by atoms with Crippen molar-refractivity contribution in [3.05, 3.63) is 59.7 Å². The summed E-state index contributed by atoms with van der Waals surface area (Å²) in [6, 6.07) is 15.8. The number of hydrogen-bond acceptors (Lipinski definition) is 8. The van der Waals surface area contributed by atoms with Crippen LogP contribution >= 0.6 is 0 Å². The lowest BCUT2D eigenvalue weighted by Crippen LogP contribution is -2.26. The average molecular weight is 699 g/mol. The zero-order valence-corrected chi connectivity index (χ0v) is 32.5. The summed E-state index contributed by atoms with van der Waals surface area (Å²) in [6.45, 7) is 19.8. The lowest BCUT2D eigenvalue weighted by molar-refractivity contribution is -0.161. The SMILES string of the molecule is CCC(CCOc1cccc(COCC(=O)OC(C)(C)C)c1)CCC(CC)CC(CC)CCOc1cccc(COCC(=O)OC(C)(C)C)c1. The minimum Gasteiger partial charge on any atom is -0.494 e. The molecular formula is C42H66O8. The molecule has 0 aliphatic heterocycles. The molecule has 2 rings (SSSR count). The largest absolute Gasteiger partial charge is 0.494 e. The van der Waals surface area contributed by atoms with Gasteiger partial charge in [0.1, 0.15) is 35.9 Å². The Balaban J connectivity index is 1.70. The van der Waals surface area contributed by atoms with Crippen LogP contribution in [0.2, 0.25) is 0 Å². The normalized spacial score (nSPS) is 13.7. The molecule has 282 valence electrons. The second kappa shape index (κ2) is 22.7. The van der Waals surface area contributed by atoms with Crippen LogP contribution in [0.4, 0.5) is 0 Å². The predicted molar refractivity (Wildman–Crippen MR) is 199 cm³/mol. The first-order valence-corrected chi connectivity index (χ1v) is 18.7. The Labute approximate surface area is 302 Å². The molecule has 50 heavy (non-hydrogen) atoms. The van der Waals surface area contributed by atoms with Gasteiger partial charge < -0.3 is 28.4 Å². The summed E-state index contributed by atoms with van der Waals surface area (Å²) in [5.41, 5.74) is 0.899. The molecule has 0 saturated heterocycles. The molecular weight excluding hydrogens is 632 g/mol. The molecule has 0 heterocycles. The van der Waals surface area contributed by atoms with Gasteiger partial charge in [0, 0.05) is 0 Å². The van der Waals surface area contributed by atoms with Gasteiger partial charge in [0.15, 0.2) is 0 Å². The maximum atomic E-state index is 11.9. The standard InChI is InChI=1S/C42H66O8/c1-10-32(21-23-47-37-17-13-15-35(26-37)28-45-30-39(43)49-41(4,5)6)19-20-33(11-2)25-34(12-3)22-24-48-38-18-14-16-36(27-38)29-46-31-40(44)50-42(7,8)9/h13-18,26-27,32-34H,10-12,19-25,28-31H2,1-9H3. The molecule has 0 bridgehead atoms. The molecule has 0 aliphatic carbocycles. The van der Waals surface area contributed by atoms with Crippen LogP contribution in [0.1, 0.15) is 125 Å². The molecule has 0 amide bonds. The molecule has 2 aromatic carbocycles. The van der Waals surface area contributed by atoms with Gasteiger partial charge in [-0.05, 0) is 114 Å². The molecule has 0 aromatic heterocycles. The first kappa shape index (κ1) is 43.1. The van der Waals surface area contributed by atoms with Crippen molar-refractivity contribution in [2.45, 2.75) is 138 Å². The minimum atomic E-state index is -0.518. The molecule has 2 aromatic rings. The fourth-order valence-corrected chi connectivity index (χ4v) is 5.86. The molecule has 8 heteroatoms. The van der Waals surface area contributed by atoms with Crippen molar-refractivity contribution >= 4 is 11.9 Å². The van der Waals surface area contributed by atoms with Crippen molar-refractivity contribution in [3.8, 4) is 11.5 Å². The van der Waals surface area contributed by atoms with E-state index in [1.54, 1.807) is 0 Å². The first-order valence-electron chi connectivity index (χ1n) is 18.7. The third kappa shape index (κ3) is 19.9. The summed E-state index contributed by atoms with van der Waals surface area (Å²) < 4.78 is 34.0. The van der Waals surface area contributed by atoms with E-state index in [-0.39, 0.29) is 25.2 Å². The van der Waals surface area contributed by atoms with Gasteiger partial charge in [-0.3, -0.25) is 0 Å². The second-order valence-corrected chi connectivity index (χ2v) is 15.4. The number of hydrogen-bond donors (Lipinski definition) is 0. The fourth-order valence-electron chi connectivity index (χ4n) is 5.86. The zero-order chi connectivity index (χ0) is 37.0. The molecule has 0 fully saturated rings. The fraction of sp³-hybridized carbons (Fsp3) is 0.667. The van der Waals surface area contributed by atoms with Crippen LogP contribution in [0, 0.1) is 17.8 Å². The van der Waals surface area contributed by atoms with E-state index >= 15 is 0 Å². The average Bonchev–Trinajstić information content (AvgIpc) is 3.03. The van der Waals surface area contributed by atoms with Crippen LogP contribution in [-0.2, 0) is 41.8 Å². The van der Waals surface area contributed by atoms with Crippen molar-refractivity contribution < 1.29 is 38.0 Å². The van der Waals surface area contributed by atoms with Crippen LogP contribution in [-0.4, -0.2) is 49.6 Å². The molecule has 0 spiro atoms. The maximum Gasteiger partial charge on any atom is 0.332 e. The lowest BCUT2D eigenvalue weighted by atomic mass is 9.83. The van der Waals surface area contributed by atoms with E-state index in [1.807, 2.05) is 90.1 Å². The summed E-state index contributed by atoms with van der Waals surface area (Å²) in [5, 5.41) is 0. The molecule has 3 atom stereocenters. The monoisotopic (exact) mass is 698 g/mol. The van der Waals surface area contributed by atoms with Crippen molar-refractivity contribution in [1.82, 2.24) is 0 Å². The number of esters is 2. The summed E-state index contributed by atoms with van der Waals surface area (Å²) in [5.74, 6) is 2.90. The Hall–Kier alpha value is -3.10. The second-order valence-electron chi connectivity index (χ2n) is 15.4. The highest BCUT2D eigenvalue weighted by molar-refractivity contribution is 5.71. The Kier molecular flexibility index (Phi) is 19.5. The molecule has 0 aliphatic rings. The van der Waals surface area contributed by atoms with E-state index in [2.05, 4.69) is 20.8 Å². The lowest BCUT2D eigenvalue weighted by Gasteiger charge is -2.24. The Morgan fingerprint density at radius 3 is 1.40 bits per heavy atom. The summed E-state index contributed by atoms with van der Waals surface area (Å²) in [4.78, 5) is 23.8. The summed E-state index contributed by atoms with van der Waals surface area (Å²) in [7, 11) is 0. The minimum absolute atomic E-state index is 0.0718. The van der Waals surface area contributed by atoms with Crippen molar-refractivity contribution in [2.24, 2.45) is 17.8 Å². The van der Waals surface area contributed by atoms with E-state index in [0.717, 1.165) is 48.3 Å². The van der Waals surface area contributed by atoms with Crippen LogP contribution in [0.15, 0.2) is 48.5 Å². The van der Waals surface area contributed by atoms with E-state index in [1.165, 1.54) is 25.7 Å². The van der Waals surface area contributed by atoms with Gasteiger partial charge in [-0.25, -0.2) is 9.59 Å². The number of carbonyl (C=O) groups excluding carboxylic acids is 2. The van der Waals surface area contributed by atoms with Crippen molar-refractivity contribution in [1.29, 1.82) is 0 Å². The quantitative estimate of drug-likeness (QED) is 0.100. The Morgan fingerprint density at radius 2 is 0.980 bits per heavy atom. The highest BCUT2D eigenvalue weighted by Crippen LogP contribution is 2.29. The molecule has 0 radical (unpaired) electrons. The zero-order valence-electron chi connectivity index (χ0n) is 32.5. The number of benzene rings is 2. The number of rotatable bonds is 24. The van der Waals surface area contributed by atoms with Gasteiger partial charge in [-0.2, -0.15) is 0 Å². The number of carbonyl (C=O) groups is 2. The molecule has 8 nitrogen and oxygen atoms in total. The van der Waals surface area contributed by atoms with Crippen molar-refractivity contribution in [3.63, 3.8) is 0 Å². The van der Waals surface area contributed by atoms with E-state index < -0.39 is 11.2 Å². The van der Waals surface area contributed by atoms with Crippen LogP contribution in [0.25, 0.3) is 0 Å². The van der Waals surface area contributed by atoms with E-state index in [4.69, 9.17) is 28.4 Å². The maximum absolute atomic E-state index is 11.9. The van der Waals surface area contributed by atoms with Gasteiger partial charge in [0.2, 0.25) is 0 Å². The third-order valence-electron chi connectivity index (χ3n) is 8.59. The summed E-state index contributed by atoms with van der Waals surface area (Å²) >= 11 is 0. The van der Waals surface area contributed by atoms with Crippen LogP contribution in [0.3, 0.4) is 0 Å². The smallest absolute Gasteiger partial charge is 0.332 e.